The number of amides is 2. The van der Waals surface area contributed by atoms with E-state index in [0.29, 0.717) is 12.3 Å². The minimum Gasteiger partial charge on any atom is -0.487 e. The summed E-state index contributed by atoms with van der Waals surface area (Å²) in [4.78, 5) is 28.9. The van der Waals surface area contributed by atoms with Crippen molar-refractivity contribution in [1.82, 2.24) is 9.80 Å². The molecule has 5 heteroatoms. The Morgan fingerprint density at radius 1 is 1.14 bits per heavy atom. The van der Waals surface area contributed by atoms with Crippen LogP contribution >= 0.6 is 0 Å². The van der Waals surface area contributed by atoms with Crippen LogP contribution in [0.4, 0.5) is 0 Å². The lowest BCUT2D eigenvalue weighted by Crippen LogP contribution is -2.52. The maximum absolute atomic E-state index is 12.8. The number of ether oxygens (including phenoxy) is 1. The van der Waals surface area contributed by atoms with Crippen LogP contribution in [0.25, 0.3) is 0 Å². The number of hydrogen-bond donors (Lipinski definition) is 0. The molecule has 2 aliphatic heterocycles. The molecule has 1 saturated carbocycles. The van der Waals surface area contributed by atoms with Crippen molar-refractivity contribution in [3.05, 3.63) is 29.8 Å². The van der Waals surface area contributed by atoms with Gasteiger partial charge in [0.25, 0.3) is 0 Å². The molecule has 3 aliphatic rings. The highest BCUT2D eigenvalue weighted by molar-refractivity contribution is 5.79. The van der Waals surface area contributed by atoms with E-state index < -0.39 is 0 Å². The SMILES string of the molecule is CN(C)C(=O)CC1CC2(CCN(C(=O)C3CCCC3)CC2)Oc2ccccc21. The summed E-state index contributed by atoms with van der Waals surface area (Å²) in [6, 6.07) is 8.14. The molecule has 1 aromatic carbocycles. The second-order valence-electron chi connectivity index (χ2n) is 9.02. The largest absolute Gasteiger partial charge is 0.487 e. The monoisotopic (exact) mass is 384 g/mol. The van der Waals surface area contributed by atoms with Gasteiger partial charge in [0, 0.05) is 58.3 Å². The average molecular weight is 385 g/mol. The van der Waals surface area contributed by atoms with Crippen molar-refractivity contribution < 1.29 is 14.3 Å². The van der Waals surface area contributed by atoms with Crippen LogP contribution in [0, 0.1) is 5.92 Å². The first kappa shape index (κ1) is 19.3. The topological polar surface area (TPSA) is 49.9 Å². The fourth-order valence-corrected chi connectivity index (χ4v) is 5.19. The third kappa shape index (κ3) is 3.76. The van der Waals surface area contributed by atoms with Crippen LogP contribution in [-0.2, 0) is 9.59 Å². The maximum Gasteiger partial charge on any atom is 0.225 e. The molecule has 1 saturated heterocycles. The number of likely N-dealkylation sites (tertiary alicyclic amines) is 1. The molecule has 1 atom stereocenters. The normalized spacial score (nSPS) is 23.9. The number of para-hydroxylation sites is 1. The zero-order chi connectivity index (χ0) is 19.7. The van der Waals surface area contributed by atoms with Crippen molar-refractivity contribution in [3.8, 4) is 5.75 Å². The van der Waals surface area contributed by atoms with Crippen molar-refractivity contribution in [3.63, 3.8) is 0 Å². The zero-order valence-corrected chi connectivity index (χ0v) is 17.2. The number of carbonyl (C=O) groups is 2. The summed E-state index contributed by atoms with van der Waals surface area (Å²) in [5.74, 6) is 1.85. The maximum atomic E-state index is 12.8. The molecule has 0 aromatic heterocycles. The molecule has 0 bridgehead atoms. The lowest BCUT2D eigenvalue weighted by Gasteiger charge is -2.47. The van der Waals surface area contributed by atoms with Gasteiger partial charge in [0.2, 0.25) is 11.8 Å². The fourth-order valence-electron chi connectivity index (χ4n) is 5.19. The summed E-state index contributed by atoms with van der Waals surface area (Å²) >= 11 is 0. The number of fused-ring (bicyclic) bond motifs is 1. The molecule has 1 aliphatic carbocycles. The third-order valence-electron chi connectivity index (χ3n) is 6.91. The molecule has 0 radical (unpaired) electrons. The Kier molecular flexibility index (Phi) is 5.35. The highest BCUT2D eigenvalue weighted by atomic mass is 16.5. The van der Waals surface area contributed by atoms with Crippen molar-refractivity contribution in [1.29, 1.82) is 0 Å². The number of nitrogens with zero attached hydrogens (tertiary/aromatic N) is 2. The molecule has 2 heterocycles. The molecule has 2 fully saturated rings. The first-order valence-electron chi connectivity index (χ1n) is 10.7. The van der Waals surface area contributed by atoms with E-state index in [1.807, 2.05) is 32.3 Å². The summed E-state index contributed by atoms with van der Waals surface area (Å²) in [6.45, 7) is 1.54. The minimum atomic E-state index is -0.252. The van der Waals surface area contributed by atoms with E-state index in [9.17, 15) is 9.59 Å². The van der Waals surface area contributed by atoms with Gasteiger partial charge in [-0.25, -0.2) is 0 Å². The van der Waals surface area contributed by atoms with Crippen molar-refractivity contribution in [2.24, 2.45) is 5.92 Å². The van der Waals surface area contributed by atoms with E-state index in [4.69, 9.17) is 4.74 Å². The highest BCUT2D eigenvalue weighted by Crippen LogP contribution is 2.46. The Labute approximate surface area is 168 Å². The zero-order valence-electron chi connectivity index (χ0n) is 17.2. The van der Waals surface area contributed by atoms with E-state index in [-0.39, 0.29) is 23.3 Å². The molecule has 152 valence electrons. The summed E-state index contributed by atoms with van der Waals surface area (Å²) in [6.07, 6.45) is 7.57. The van der Waals surface area contributed by atoms with E-state index in [1.54, 1.807) is 4.90 Å². The molecule has 0 N–H and O–H groups in total. The molecule has 5 nitrogen and oxygen atoms in total. The molecule has 1 aromatic rings. The molecule has 1 spiro atoms. The Balaban J connectivity index is 1.48. The number of carbonyl (C=O) groups excluding carboxylic acids is 2. The van der Waals surface area contributed by atoms with E-state index >= 15 is 0 Å². The van der Waals surface area contributed by atoms with Crippen LogP contribution in [0.15, 0.2) is 24.3 Å². The second kappa shape index (κ2) is 7.76. The fraction of sp³-hybridized carbons (Fsp3) is 0.652. The second-order valence-corrected chi connectivity index (χ2v) is 9.02. The van der Waals surface area contributed by atoms with Gasteiger partial charge in [-0.15, -0.1) is 0 Å². The molecule has 4 rings (SSSR count). The van der Waals surface area contributed by atoms with Gasteiger partial charge >= 0.3 is 0 Å². The lowest BCUT2D eigenvalue weighted by molar-refractivity contribution is -0.139. The first-order chi connectivity index (χ1) is 13.5. The Hall–Kier alpha value is -2.04. The van der Waals surface area contributed by atoms with Gasteiger partial charge in [-0.1, -0.05) is 31.0 Å². The molecule has 28 heavy (non-hydrogen) atoms. The predicted octanol–water partition coefficient (Wildman–Crippen LogP) is 3.58. The number of rotatable bonds is 3. The molecular formula is C23H32N2O3. The van der Waals surface area contributed by atoms with Crippen LogP contribution in [0.3, 0.4) is 0 Å². The van der Waals surface area contributed by atoms with Gasteiger partial charge in [-0.05, 0) is 30.9 Å². The van der Waals surface area contributed by atoms with Crippen LogP contribution in [0.1, 0.15) is 62.8 Å². The Bertz CT molecular complexity index is 731. The van der Waals surface area contributed by atoms with Crippen molar-refractivity contribution in [2.75, 3.05) is 27.2 Å². The summed E-state index contributed by atoms with van der Waals surface area (Å²) in [5.41, 5.74) is 0.894. The van der Waals surface area contributed by atoms with E-state index in [1.165, 1.54) is 12.8 Å². The van der Waals surface area contributed by atoms with Gasteiger partial charge in [-0.3, -0.25) is 9.59 Å². The standard InChI is InChI=1S/C23H32N2O3/c1-24(2)21(26)15-18-16-23(28-20-10-6-5-9-19(18)20)11-13-25(14-12-23)22(27)17-7-3-4-8-17/h5-6,9-10,17-18H,3-4,7-8,11-16H2,1-2H3. The van der Waals surface area contributed by atoms with E-state index in [0.717, 1.165) is 56.5 Å². The summed E-state index contributed by atoms with van der Waals surface area (Å²) < 4.78 is 6.52. The average Bonchev–Trinajstić information content (AvgIpc) is 3.23. The van der Waals surface area contributed by atoms with Crippen LogP contribution < -0.4 is 4.74 Å². The first-order valence-corrected chi connectivity index (χ1v) is 10.7. The number of piperidine rings is 1. The number of benzene rings is 1. The lowest BCUT2D eigenvalue weighted by atomic mass is 9.76. The quantitative estimate of drug-likeness (QED) is 0.800. The molecule has 1 unspecified atom stereocenters. The van der Waals surface area contributed by atoms with Crippen LogP contribution in [0.2, 0.25) is 0 Å². The van der Waals surface area contributed by atoms with E-state index in [2.05, 4.69) is 11.0 Å². The van der Waals surface area contributed by atoms with Crippen LogP contribution in [-0.4, -0.2) is 54.4 Å². The van der Waals surface area contributed by atoms with Crippen LogP contribution in [0.5, 0.6) is 5.75 Å². The predicted molar refractivity (Wildman–Crippen MR) is 108 cm³/mol. The Morgan fingerprint density at radius 2 is 1.82 bits per heavy atom. The van der Waals surface area contributed by atoms with Gasteiger partial charge < -0.3 is 14.5 Å². The molecular weight excluding hydrogens is 352 g/mol. The third-order valence-corrected chi connectivity index (χ3v) is 6.91. The van der Waals surface area contributed by atoms with Gasteiger partial charge in [-0.2, -0.15) is 0 Å². The minimum absolute atomic E-state index is 0.158. The summed E-state index contributed by atoms with van der Waals surface area (Å²) in [5, 5.41) is 0. The van der Waals surface area contributed by atoms with Crippen molar-refractivity contribution >= 4 is 11.8 Å². The molecule has 2 amide bonds. The van der Waals surface area contributed by atoms with Gasteiger partial charge in [0.15, 0.2) is 0 Å². The van der Waals surface area contributed by atoms with Crippen molar-refractivity contribution in [2.45, 2.75) is 62.9 Å². The highest BCUT2D eigenvalue weighted by Gasteiger charge is 2.45. The van der Waals surface area contributed by atoms with Gasteiger partial charge in [0.05, 0.1) is 0 Å². The smallest absolute Gasteiger partial charge is 0.225 e. The van der Waals surface area contributed by atoms with Gasteiger partial charge in [0.1, 0.15) is 11.4 Å². The Morgan fingerprint density at radius 3 is 2.50 bits per heavy atom. The number of hydrogen-bond acceptors (Lipinski definition) is 3. The summed E-state index contributed by atoms with van der Waals surface area (Å²) in [7, 11) is 3.63.